The smallest absolute Gasteiger partial charge is 0.296 e. The van der Waals surface area contributed by atoms with Gasteiger partial charge in [-0.15, -0.1) is 4.33 Å². The van der Waals surface area contributed by atoms with Crippen LogP contribution >= 0.6 is 12.0 Å². The Morgan fingerprint density at radius 1 is 0.680 bits per heavy atom. The molecule has 0 fully saturated rings. The van der Waals surface area contributed by atoms with Gasteiger partial charge < -0.3 is 10.9 Å². The first-order valence-electron chi connectivity index (χ1n) is 14.7. The fourth-order valence-electron chi connectivity index (χ4n) is 5.15. The molecule has 0 spiro atoms. The summed E-state index contributed by atoms with van der Waals surface area (Å²) in [4.78, 5) is 26.0. The monoisotopic (exact) mass is 718 g/mol. The van der Waals surface area contributed by atoms with Crippen molar-refractivity contribution in [3.63, 3.8) is 0 Å². The van der Waals surface area contributed by atoms with Crippen molar-refractivity contribution in [3.8, 4) is 22.5 Å². The fourth-order valence-corrected chi connectivity index (χ4v) is 6.43. The molecule has 0 radical (unpaired) electrons. The largest absolute Gasteiger partial charge is 0.301 e. The number of hydrogen-bond donors (Lipinski definition) is 8. The van der Waals surface area contributed by atoms with Crippen LogP contribution in [0.25, 0.3) is 22.5 Å². The van der Waals surface area contributed by atoms with Crippen molar-refractivity contribution in [3.05, 3.63) is 129 Å². The minimum Gasteiger partial charge on any atom is -0.301 e. The summed E-state index contributed by atoms with van der Waals surface area (Å²) in [5, 5.41) is 18.6. The molecule has 2 aromatic heterocycles. The normalized spacial score (nSPS) is 11.4. The summed E-state index contributed by atoms with van der Waals surface area (Å²) >= 11 is 0.563. The highest BCUT2D eigenvalue weighted by Gasteiger charge is 2.22. The molecule has 0 amide bonds. The van der Waals surface area contributed by atoms with Gasteiger partial charge in [-0.2, -0.15) is 8.42 Å². The van der Waals surface area contributed by atoms with E-state index in [1.54, 1.807) is 62.4 Å². The molecule has 0 saturated heterocycles. The first-order valence-corrected chi connectivity index (χ1v) is 16.9. The number of aryl methyl sites for hydroxylation is 2. The number of nitrogens with zero attached hydrogens (tertiary/aromatic N) is 2. The van der Waals surface area contributed by atoms with E-state index in [1.165, 1.54) is 33.6 Å². The molecule has 6 rings (SSSR count). The van der Waals surface area contributed by atoms with E-state index >= 15 is 0 Å². The van der Waals surface area contributed by atoms with Crippen LogP contribution in [0.5, 0.6) is 0 Å². The van der Waals surface area contributed by atoms with Gasteiger partial charge in [0.05, 0.1) is 46.2 Å². The van der Waals surface area contributed by atoms with E-state index < -0.39 is 15.0 Å². The molecule has 0 atom stereocenters. The summed E-state index contributed by atoms with van der Waals surface area (Å²) in [5.41, 5.74) is 14.5. The highest BCUT2D eigenvalue weighted by atomic mass is 32.2. The van der Waals surface area contributed by atoms with Crippen molar-refractivity contribution >= 4 is 44.9 Å². The molecule has 0 aliphatic heterocycles. The van der Waals surface area contributed by atoms with E-state index in [0.717, 1.165) is 0 Å². The second-order valence-electron chi connectivity index (χ2n) is 10.8. The third-order valence-electron chi connectivity index (χ3n) is 7.52. The predicted molar refractivity (Wildman–Crippen MR) is 189 cm³/mol. The molecule has 16 nitrogen and oxygen atoms in total. The first kappa shape index (κ1) is 34.1. The third-order valence-corrected chi connectivity index (χ3v) is 9.06. The lowest BCUT2D eigenvalue weighted by atomic mass is 10.0. The summed E-state index contributed by atoms with van der Waals surface area (Å²) in [6.45, 7) is 3.43. The van der Waals surface area contributed by atoms with Crippen molar-refractivity contribution < 1.29 is 27.6 Å². The van der Waals surface area contributed by atoms with Crippen molar-refractivity contribution in [1.82, 2.24) is 19.6 Å². The van der Waals surface area contributed by atoms with Gasteiger partial charge in [-0.05, 0) is 67.9 Å². The number of aromatic amines is 2. The maximum absolute atomic E-state index is 13.1. The molecule has 258 valence electrons. The SMILES string of the molecule is Cc1[nH]n(-c2ccccc2)c(=O)c1NNc1ccc(-c2ccc(NNc3c(C)[nH]n(-c4ccccc4)c3=O)cc2S(=O)(=O)O)c(SOOO)c1. The van der Waals surface area contributed by atoms with Crippen LogP contribution in [0, 0.1) is 13.8 Å². The second-order valence-corrected chi connectivity index (χ2v) is 12.9. The van der Waals surface area contributed by atoms with Gasteiger partial charge >= 0.3 is 0 Å². The number of hydrogen-bond acceptors (Lipinski definition) is 12. The van der Waals surface area contributed by atoms with E-state index in [0.29, 0.717) is 40.5 Å². The number of rotatable bonds is 13. The Morgan fingerprint density at radius 3 is 1.64 bits per heavy atom. The van der Waals surface area contributed by atoms with Gasteiger partial charge in [0.15, 0.2) is 0 Å². The Bertz CT molecular complexity index is 2370. The van der Waals surface area contributed by atoms with Crippen molar-refractivity contribution in [2.24, 2.45) is 0 Å². The zero-order valence-corrected chi connectivity index (χ0v) is 27.9. The number of H-pyrrole nitrogens is 2. The molecular formula is C32H30N8O8S2. The summed E-state index contributed by atoms with van der Waals surface area (Å²) in [6.07, 6.45) is 0. The van der Waals surface area contributed by atoms with Gasteiger partial charge in [-0.1, -0.05) is 53.6 Å². The minimum atomic E-state index is -4.80. The van der Waals surface area contributed by atoms with Gasteiger partial charge in [0.25, 0.3) is 21.2 Å². The number of aromatic nitrogens is 4. The summed E-state index contributed by atoms with van der Waals surface area (Å²) in [6, 6.07) is 26.8. The topological polar surface area (TPSA) is 217 Å². The zero-order chi connectivity index (χ0) is 35.4. The van der Waals surface area contributed by atoms with Crippen LogP contribution in [0.15, 0.2) is 116 Å². The molecule has 0 unspecified atom stereocenters. The third kappa shape index (κ3) is 7.15. The van der Waals surface area contributed by atoms with E-state index in [4.69, 9.17) is 5.26 Å². The van der Waals surface area contributed by atoms with Crippen molar-refractivity contribution in [2.45, 2.75) is 23.6 Å². The molecule has 4 aromatic carbocycles. The standard InChI is InChI=1S/C32H30N8O8S2/c1-19-29(31(41)39(37-19)23-9-5-3-6-10-23)35-33-21-13-15-25(27(17-21)49-48-47-43)26-16-14-22(18-28(26)50(44,45)46)34-36-30-20(2)38-40(32(30)42)24-11-7-4-8-12-24/h3-18,33-38,43H,1-2H3,(H,44,45,46). The van der Waals surface area contributed by atoms with Crippen LogP contribution in [-0.4, -0.2) is 37.8 Å². The Morgan fingerprint density at radius 2 is 1.16 bits per heavy atom. The molecule has 18 heteroatoms. The van der Waals surface area contributed by atoms with Crippen LogP contribution in [-0.2, 0) is 19.5 Å². The van der Waals surface area contributed by atoms with E-state index in [1.807, 2.05) is 24.3 Å². The molecule has 6 aromatic rings. The molecule has 2 heterocycles. The Hall–Kier alpha value is -5.76. The summed E-state index contributed by atoms with van der Waals surface area (Å²) in [5.74, 6) is 0. The Kier molecular flexibility index (Phi) is 9.81. The number of para-hydroxylation sites is 2. The highest BCUT2D eigenvalue weighted by molar-refractivity contribution is 7.94. The zero-order valence-electron chi connectivity index (χ0n) is 26.3. The van der Waals surface area contributed by atoms with E-state index in [2.05, 4.69) is 41.3 Å². The maximum Gasteiger partial charge on any atom is 0.296 e. The van der Waals surface area contributed by atoms with Gasteiger partial charge in [0, 0.05) is 10.5 Å². The number of hydrazine groups is 2. The van der Waals surface area contributed by atoms with Gasteiger partial charge in [0.1, 0.15) is 16.3 Å². The number of nitrogens with one attached hydrogen (secondary N) is 6. The van der Waals surface area contributed by atoms with Crippen LogP contribution in [0.2, 0.25) is 0 Å². The summed E-state index contributed by atoms with van der Waals surface area (Å²) < 4.78 is 42.9. The van der Waals surface area contributed by atoms with E-state index in [-0.39, 0.29) is 44.2 Å². The van der Waals surface area contributed by atoms with Gasteiger partial charge in [-0.25, -0.2) is 14.6 Å². The predicted octanol–water partition coefficient (Wildman–Crippen LogP) is 5.48. The second kappa shape index (κ2) is 14.4. The first-order chi connectivity index (χ1) is 24.0. The molecule has 8 N–H and O–H groups in total. The molecular weight excluding hydrogens is 689 g/mol. The fraction of sp³-hybridized carbons (Fsp3) is 0.0625. The average molecular weight is 719 g/mol. The average Bonchev–Trinajstić information content (AvgIpc) is 3.57. The van der Waals surface area contributed by atoms with Crippen LogP contribution < -0.4 is 32.8 Å². The lowest BCUT2D eigenvalue weighted by molar-refractivity contribution is -0.432. The van der Waals surface area contributed by atoms with Crippen LogP contribution in [0.3, 0.4) is 0 Å². The highest BCUT2D eigenvalue weighted by Crippen LogP contribution is 2.38. The molecule has 50 heavy (non-hydrogen) atoms. The molecule has 0 aliphatic carbocycles. The van der Waals surface area contributed by atoms with E-state index in [9.17, 15) is 22.6 Å². The van der Waals surface area contributed by atoms with Gasteiger partial charge in [-0.3, -0.25) is 35.2 Å². The minimum absolute atomic E-state index is 0.0816. The maximum atomic E-state index is 13.1. The summed E-state index contributed by atoms with van der Waals surface area (Å²) in [7, 11) is -4.80. The van der Waals surface area contributed by atoms with Crippen molar-refractivity contribution in [2.75, 3.05) is 21.7 Å². The lowest BCUT2D eigenvalue weighted by Gasteiger charge is -2.16. The Labute approximate surface area is 288 Å². The quantitative estimate of drug-likeness (QED) is 0.0322. The van der Waals surface area contributed by atoms with Gasteiger partial charge in [0.2, 0.25) is 0 Å². The molecule has 0 bridgehead atoms. The van der Waals surface area contributed by atoms with Crippen LogP contribution in [0.1, 0.15) is 11.4 Å². The van der Waals surface area contributed by atoms with Crippen molar-refractivity contribution in [1.29, 1.82) is 0 Å². The molecule has 0 saturated carbocycles. The lowest BCUT2D eigenvalue weighted by Crippen LogP contribution is -2.20. The number of anilines is 4. The molecule has 0 aliphatic rings. The van der Waals surface area contributed by atoms with Crippen LogP contribution in [0.4, 0.5) is 22.7 Å². The number of benzene rings is 4. The Balaban J connectivity index is 1.27.